The first-order chi connectivity index (χ1) is 13.6. The average Bonchev–Trinajstić information content (AvgIpc) is 2.73. The molecule has 0 fully saturated rings. The molecule has 0 spiro atoms. The van der Waals surface area contributed by atoms with Crippen LogP contribution in [0, 0.1) is 11.8 Å². The molecule has 0 saturated carbocycles. The molecule has 2 aliphatic rings. The van der Waals surface area contributed by atoms with E-state index in [4.69, 9.17) is 27.9 Å². The fraction of sp³-hybridized carbons (Fsp3) is 0.261. The summed E-state index contributed by atoms with van der Waals surface area (Å²) in [6, 6.07) is 15.2. The summed E-state index contributed by atoms with van der Waals surface area (Å²) in [6.07, 6.45) is 8.42. The third-order valence-electron chi connectivity index (χ3n) is 5.51. The van der Waals surface area contributed by atoms with E-state index in [9.17, 15) is 4.79 Å². The van der Waals surface area contributed by atoms with E-state index >= 15 is 0 Å². The highest BCUT2D eigenvalue weighted by molar-refractivity contribution is 6.30. The number of rotatable bonds is 3. The monoisotopic (exact) mass is 413 g/mol. The maximum atomic E-state index is 12.9. The fourth-order valence-electron chi connectivity index (χ4n) is 4.20. The molecule has 1 aliphatic heterocycles. The van der Waals surface area contributed by atoms with Crippen molar-refractivity contribution in [1.29, 1.82) is 0 Å². The van der Waals surface area contributed by atoms with Crippen molar-refractivity contribution >= 4 is 34.9 Å². The summed E-state index contributed by atoms with van der Waals surface area (Å²) in [5.41, 5.74) is 3.25. The Morgan fingerprint density at radius 2 is 1.68 bits per heavy atom. The lowest BCUT2D eigenvalue weighted by Gasteiger charge is -2.44. The zero-order valence-electron chi connectivity index (χ0n) is 15.5. The topological polar surface area (TPSA) is 29.5 Å². The maximum absolute atomic E-state index is 12.9. The molecule has 2 aromatic carbocycles. The van der Waals surface area contributed by atoms with Crippen LogP contribution in [0.2, 0.25) is 10.0 Å². The molecule has 144 valence electrons. The normalized spacial score (nSPS) is 23.8. The minimum Gasteiger partial charge on any atom is -0.469 e. The van der Waals surface area contributed by atoms with Crippen molar-refractivity contribution < 1.29 is 9.53 Å². The molecular weight excluding hydrogens is 393 g/mol. The number of anilines is 1. The molecular formula is C23H21Cl2NO2. The first-order valence-electron chi connectivity index (χ1n) is 9.33. The van der Waals surface area contributed by atoms with Gasteiger partial charge in [0.1, 0.15) is 0 Å². The van der Waals surface area contributed by atoms with Crippen molar-refractivity contribution in [2.75, 3.05) is 12.0 Å². The Morgan fingerprint density at radius 1 is 1.04 bits per heavy atom. The number of benzene rings is 2. The van der Waals surface area contributed by atoms with E-state index in [1.54, 1.807) is 0 Å². The molecule has 0 unspecified atom stereocenters. The van der Waals surface area contributed by atoms with Gasteiger partial charge in [-0.05, 0) is 60.4 Å². The molecule has 5 heteroatoms. The zero-order valence-corrected chi connectivity index (χ0v) is 17.0. The summed E-state index contributed by atoms with van der Waals surface area (Å²) in [5, 5.41) is 1.35. The van der Waals surface area contributed by atoms with E-state index < -0.39 is 0 Å². The summed E-state index contributed by atoms with van der Waals surface area (Å²) in [6.45, 7) is 0. The molecule has 1 heterocycles. The Balaban J connectivity index is 1.89. The molecule has 0 bridgehead atoms. The minimum absolute atomic E-state index is 0.0328. The van der Waals surface area contributed by atoms with E-state index in [0.717, 1.165) is 24.1 Å². The number of ether oxygens (including phenoxy) is 1. The number of allylic oxidation sites excluding steroid dienone is 3. The standard InChI is InChI=1S/C23H21Cl2NO2/c1-28-23(27)21-20-5-3-2-4-16(20)14-26(19-12-10-18(25)11-13-19)22(21)15-6-8-17(24)9-7-15/h3,5-14,20-22H,2,4H2,1H3/t20-,21-,22-/m0/s1. The molecule has 4 rings (SSSR count). The maximum Gasteiger partial charge on any atom is 0.312 e. The van der Waals surface area contributed by atoms with E-state index in [1.165, 1.54) is 12.7 Å². The number of esters is 1. The summed E-state index contributed by atoms with van der Waals surface area (Å²) in [4.78, 5) is 15.1. The van der Waals surface area contributed by atoms with Crippen molar-refractivity contribution in [1.82, 2.24) is 0 Å². The largest absolute Gasteiger partial charge is 0.469 e. The molecule has 3 nitrogen and oxygen atoms in total. The lowest BCUT2D eigenvalue weighted by molar-refractivity contribution is -0.147. The fourth-order valence-corrected chi connectivity index (χ4v) is 4.45. The van der Waals surface area contributed by atoms with Crippen molar-refractivity contribution in [2.24, 2.45) is 11.8 Å². The van der Waals surface area contributed by atoms with Gasteiger partial charge >= 0.3 is 5.97 Å². The first-order valence-corrected chi connectivity index (χ1v) is 10.1. The molecule has 0 radical (unpaired) electrons. The van der Waals surface area contributed by atoms with Gasteiger partial charge in [-0.2, -0.15) is 0 Å². The molecule has 28 heavy (non-hydrogen) atoms. The Labute approximate surface area is 175 Å². The lowest BCUT2D eigenvalue weighted by atomic mass is 9.72. The quantitative estimate of drug-likeness (QED) is 0.443. The van der Waals surface area contributed by atoms with Gasteiger partial charge < -0.3 is 9.64 Å². The van der Waals surface area contributed by atoms with E-state index in [1.807, 2.05) is 48.5 Å². The molecule has 0 amide bonds. The summed E-state index contributed by atoms with van der Waals surface area (Å²) in [5.74, 6) is -0.523. The van der Waals surface area contributed by atoms with Crippen LogP contribution in [-0.4, -0.2) is 13.1 Å². The van der Waals surface area contributed by atoms with Gasteiger partial charge in [-0.1, -0.05) is 47.5 Å². The molecule has 0 saturated heterocycles. The highest BCUT2D eigenvalue weighted by atomic mass is 35.5. The third kappa shape index (κ3) is 3.57. The van der Waals surface area contributed by atoms with Gasteiger partial charge in [-0.3, -0.25) is 4.79 Å². The van der Waals surface area contributed by atoms with E-state index in [-0.39, 0.29) is 23.8 Å². The summed E-state index contributed by atoms with van der Waals surface area (Å²) >= 11 is 12.2. The number of nitrogens with zero attached hydrogens (tertiary/aromatic N) is 1. The number of carbonyl (C=O) groups is 1. The number of hydrogen-bond donors (Lipinski definition) is 0. The predicted molar refractivity (Wildman–Crippen MR) is 114 cm³/mol. The van der Waals surface area contributed by atoms with Gasteiger partial charge in [0.25, 0.3) is 0 Å². The molecule has 0 aromatic heterocycles. The highest BCUT2D eigenvalue weighted by Gasteiger charge is 2.44. The Morgan fingerprint density at radius 3 is 2.32 bits per heavy atom. The van der Waals surface area contributed by atoms with Crippen LogP contribution in [0.5, 0.6) is 0 Å². The molecule has 1 aliphatic carbocycles. The van der Waals surface area contributed by atoms with Crippen LogP contribution < -0.4 is 4.90 Å². The Kier molecular flexibility index (Phi) is 5.47. The van der Waals surface area contributed by atoms with Crippen molar-refractivity contribution in [3.05, 3.63) is 88.1 Å². The number of fused-ring (bicyclic) bond motifs is 1. The average molecular weight is 414 g/mol. The molecule has 0 N–H and O–H groups in total. The second-order valence-electron chi connectivity index (χ2n) is 7.13. The van der Waals surface area contributed by atoms with E-state index in [0.29, 0.717) is 10.0 Å². The second kappa shape index (κ2) is 8.02. The van der Waals surface area contributed by atoms with Gasteiger partial charge in [0.05, 0.1) is 19.1 Å². The van der Waals surface area contributed by atoms with Crippen LogP contribution in [0.15, 0.2) is 72.5 Å². The number of carbonyl (C=O) groups excluding carboxylic acids is 1. The van der Waals surface area contributed by atoms with Crippen LogP contribution in [0.4, 0.5) is 5.69 Å². The van der Waals surface area contributed by atoms with Crippen LogP contribution >= 0.6 is 23.2 Å². The lowest BCUT2D eigenvalue weighted by Crippen LogP contribution is -2.43. The van der Waals surface area contributed by atoms with Gasteiger partial charge in [0.2, 0.25) is 0 Å². The first kappa shape index (κ1) is 19.1. The molecule has 3 atom stereocenters. The zero-order chi connectivity index (χ0) is 19.7. The second-order valence-corrected chi connectivity index (χ2v) is 8.00. The number of hydrogen-bond acceptors (Lipinski definition) is 3. The summed E-state index contributed by atoms with van der Waals surface area (Å²) < 4.78 is 5.24. The van der Waals surface area contributed by atoms with Crippen LogP contribution in [0.1, 0.15) is 24.4 Å². The summed E-state index contributed by atoms with van der Waals surface area (Å²) in [7, 11) is 1.46. The van der Waals surface area contributed by atoms with Gasteiger partial charge in [0, 0.05) is 27.9 Å². The highest BCUT2D eigenvalue weighted by Crippen LogP contribution is 2.47. The van der Waals surface area contributed by atoms with Crippen molar-refractivity contribution in [3.8, 4) is 0 Å². The Bertz CT molecular complexity index is 919. The van der Waals surface area contributed by atoms with E-state index in [2.05, 4.69) is 23.3 Å². The van der Waals surface area contributed by atoms with Gasteiger partial charge in [0.15, 0.2) is 0 Å². The number of halogens is 2. The smallest absolute Gasteiger partial charge is 0.312 e. The third-order valence-corrected chi connectivity index (χ3v) is 6.02. The number of methoxy groups -OCH3 is 1. The van der Waals surface area contributed by atoms with Gasteiger partial charge in [-0.15, -0.1) is 0 Å². The predicted octanol–water partition coefficient (Wildman–Crippen LogP) is 6.19. The minimum atomic E-state index is -0.349. The van der Waals surface area contributed by atoms with Crippen molar-refractivity contribution in [2.45, 2.75) is 18.9 Å². The van der Waals surface area contributed by atoms with Crippen LogP contribution in [0.3, 0.4) is 0 Å². The van der Waals surface area contributed by atoms with Crippen molar-refractivity contribution in [3.63, 3.8) is 0 Å². The Hall–Kier alpha value is -2.23. The van der Waals surface area contributed by atoms with Gasteiger partial charge in [-0.25, -0.2) is 0 Å². The van der Waals surface area contributed by atoms with Crippen LogP contribution in [0.25, 0.3) is 0 Å². The molecule has 2 aromatic rings. The van der Waals surface area contributed by atoms with Crippen LogP contribution in [-0.2, 0) is 9.53 Å². The SMILES string of the molecule is COC(=O)[C@H]1[C@H]2C=CCCC2=CN(c2ccc(Cl)cc2)[C@H]1c1ccc(Cl)cc1.